The van der Waals surface area contributed by atoms with Crippen LogP contribution < -0.4 is 11.3 Å². The third-order valence-electron chi connectivity index (χ3n) is 4.49. The third-order valence-corrected chi connectivity index (χ3v) is 4.49. The zero-order valence-corrected chi connectivity index (χ0v) is 15.0. The molecule has 0 aliphatic carbocycles. The molecule has 1 aromatic carbocycles. The summed E-state index contributed by atoms with van der Waals surface area (Å²) >= 11 is 0. The first-order valence-corrected chi connectivity index (χ1v) is 8.80. The van der Waals surface area contributed by atoms with Crippen LogP contribution in [0.3, 0.4) is 0 Å². The molecule has 1 atom stereocenters. The molecule has 1 unspecified atom stereocenters. The van der Waals surface area contributed by atoms with Gasteiger partial charge in [0.2, 0.25) is 5.95 Å². The largest absolute Gasteiger partial charge is 0.416 e. The lowest BCUT2D eigenvalue weighted by Gasteiger charge is -2.18. The number of nitrogens with one attached hydrogen (secondary N) is 1. The summed E-state index contributed by atoms with van der Waals surface area (Å²) in [5.74, 6) is 0.0908. The molecule has 0 fully saturated rings. The predicted octanol–water partition coefficient (Wildman–Crippen LogP) is 4.65. The van der Waals surface area contributed by atoms with E-state index in [-0.39, 0.29) is 23.8 Å². The summed E-state index contributed by atoms with van der Waals surface area (Å²) in [4.78, 5) is 19.2. The van der Waals surface area contributed by atoms with Crippen molar-refractivity contribution in [2.75, 3.05) is 5.73 Å². The van der Waals surface area contributed by atoms with Crippen LogP contribution in [-0.4, -0.2) is 9.97 Å². The molecule has 0 bridgehead atoms. The summed E-state index contributed by atoms with van der Waals surface area (Å²) in [6.07, 6.45) is -0.694. The van der Waals surface area contributed by atoms with Gasteiger partial charge in [0.15, 0.2) is 0 Å². The fraction of sp³-hybridized carbons (Fsp3) is 0.474. The number of halogens is 3. The Kier molecular flexibility index (Phi) is 6.45. The van der Waals surface area contributed by atoms with E-state index in [0.29, 0.717) is 16.8 Å². The van der Waals surface area contributed by atoms with Crippen molar-refractivity contribution >= 4 is 5.95 Å². The highest BCUT2D eigenvalue weighted by Gasteiger charge is 2.30. The number of nitrogens with two attached hydrogens (primary N) is 1. The van der Waals surface area contributed by atoms with Crippen molar-refractivity contribution in [2.45, 2.75) is 58.0 Å². The van der Waals surface area contributed by atoms with Crippen molar-refractivity contribution < 1.29 is 13.2 Å². The van der Waals surface area contributed by atoms with Gasteiger partial charge in [-0.2, -0.15) is 13.2 Å². The summed E-state index contributed by atoms with van der Waals surface area (Å²) in [5, 5.41) is 0. The van der Waals surface area contributed by atoms with Gasteiger partial charge in [0, 0.05) is 17.9 Å². The van der Waals surface area contributed by atoms with E-state index in [4.69, 9.17) is 5.73 Å². The smallest absolute Gasteiger partial charge is 0.369 e. The monoisotopic (exact) mass is 367 g/mol. The van der Waals surface area contributed by atoms with Gasteiger partial charge in [0.1, 0.15) is 0 Å². The number of benzene rings is 1. The van der Waals surface area contributed by atoms with Crippen LogP contribution in [-0.2, 0) is 12.6 Å². The zero-order valence-electron chi connectivity index (χ0n) is 15.0. The van der Waals surface area contributed by atoms with Crippen LogP contribution in [0, 0.1) is 0 Å². The number of H-pyrrole nitrogens is 1. The number of nitrogen functional groups attached to an aromatic ring is 1. The van der Waals surface area contributed by atoms with Crippen molar-refractivity contribution in [3.05, 3.63) is 57.0 Å². The van der Waals surface area contributed by atoms with E-state index in [1.807, 2.05) is 6.92 Å². The molecule has 4 nitrogen and oxygen atoms in total. The first-order valence-electron chi connectivity index (χ1n) is 8.80. The van der Waals surface area contributed by atoms with Crippen molar-refractivity contribution in [1.82, 2.24) is 9.97 Å². The molecule has 142 valence electrons. The van der Waals surface area contributed by atoms with E-state index < -0.39 is 11.7 Å². The van der Waals surface area contributed by atoms with Crippen LogP contribution in [0.1, 0.15) is 67.8 Å². The molecule has 0 saturated heterocycles. The van der Waals surface area contributed by atoms with Crippen molar-refractivity contribution in [1.29, 1.82) is 0 Å². The second-order valence-electron chi connectivity index (χ2n) is 6.44. The molecule has 0 aliphatic rings. The van der Waals surface area contributed by atoms with Crippen LogP contribution in [0.25, 0.3) is 0 Å². The lowest BCUT2D eigenvalue weighted by molar-refractivity contribution is -0.137. The topological polar surface area (TPSA) is 71.8 Å². The Bertz CT molecular complexity index is 799. The van der Waals surface area contributed by atoms with Gasteiger partial charge in [-0.15, -0.1) is 0 Å². The second kappa shape index (κ2) is 8.38. The van der Waals surface area contributed by atoms with Crippen LogP contribution in [0.5, 0.6) is 0 Å². The number of hydrogen-bond acceptors (Lipinski definition) is 3. The number of aromatic amines is 1. The molecule has 2 rings (SSSR count). The summed E-state index contributed by atoms with van der Waals surface area (Å²) in [6, 6.07) is 5.03. The van der Waals surface area contributed by atoms with Gasteiger partial charge in [-0.25, -0.2) is 4.98 Å². The molecular formula is C19H24F3N3O. The Morgan fingerprint density at radius 1 is 1.27 bits per heavy atom. The molecule has 0 aliphatic heterocycles. The predicted molar refractivity (Wildman–Crippen MR) is 96.1 cm³/mol. The average molecular weight is 367 g/mol. The van der Waals surface area contributed by atoms with E-state index >= 15 is 0 Å². The Hall–Kier alpha value is -2.31. The minimum Gasteiger partial charge on any atom is -0.369 e. The molecular weight excluding hydrogens is 343 g/mol. The van der Waals surface area contributed by atoms with Gasteiger partial charge in [-0.1, -0.05) is 44.9 Å². The summed E-state index contributed by atoms with van der Waals surface area (Å²) in [7, 11) is 0. The van der Waals surface area contributed by atoms with Gasteiger partial charge in [-0.3, -0.25) is 9.78 Å². The first kappa shape index (κ1) is 20.0. The zero-order chi connectivity index (χ0) is 19.3. The lowest BCUT2D eigenvalue weighted by atomic mass is 9.90. The van der Waals surface area contributed by atoms with Gasteiger partial charge in [0.05, 0.1) is 11.3 Å². The molecule has 7 heteroatoms. The molecule has 26 heavy (non-hydrogen) atoms. The van der Waals surface area contributed by atoms with E-state index in [2.05, 4.69) is 16.9 Å². The number of aromatic nitrogens is 2. The van der Waals surface area contributed by atoms with Crippen LogP contribution >= 0.6 is 0 Å². The number of nitrogens with zero attached hydrogens (tertiary/aromatic N) is 1. The lowest BCUT2D eigenvalue weighted by Crippen LogP contribution is -2.22. The number of hydrogen-bond donors (Lipinski definition) is 2. The average Bonchev–Trinajstić information content (AvgIpc) is 2.58. The Morgan fingerprint density at radius 3 is 2.62 bits per heavy atom. The van der Waals surface area contributed by atoms with Gasteiger partial charge in [-0.05, 0) is 24.5 Å². The Balaban J connectivity index is 2.44. The van der Waals surface area contributed by atoms with Gasteiger partial charge >= 0.3 is 6.18 Å². The molecule has 1 heterocycles. The fourth-order valence-electron chi connectivity index (χ4n) is 3.09. The molecule has 0 radical (unpaired) electrons. The maximum atomic E-state index is 12.9. The summed E-state index contributed by atoms with van der Waals surface area (Å²) < 4.78 is 38.8. The molecule has 0 spiro atoms. The summed E-state index contributed by atoms with van der Waals surface area (Å²) in [5.41, 5.74) is 6.00. The van der Waals surface area contributed by atoms with Crippen molar-refractivity contribution in [3.63, 3.8) is 0 Å². The number of unbranched alkanes of at least 4 members (excludes halogenated alkanes) is 1. The van der Waals surface area contributed by atoms with Gasteiger partial charge < -0.3 is 5.73 Å². The van der Waals surface area contributed by atoms with E-state index in [1.54, 1.807) is 6.07 Å². The first-order chi connectivity index (χ1) is 12.3. The van der Waals surface area contributed by atoms with E-state index in [9.17, 15) is 18.0 Å². The fourth-order valence-corrected chi connectivity index (χ4v) is 3.09. The highest BCUT2D eigenvalue weighted by molar-refractivity contribution is 5.35. The molecule has 0 saturated carbocycles. The highest BCUT2D eigenvalue weighted by atomic mass is 19.4. The minimum atomic E-state index is -4.42. The molecule has 1 aromatic heterocycles. The van der Waals surface area contributed by atoms with E-state index in [1.165, 1.54) is 6.07 Å². The maximum absolute atomic E-state index is 12.9. The highest BCUT2D eigenvalue weighted by Crippen LogP contribution is 2.31. The van der Waals surface area contributed by atoms with Crippen LogP contribution in [0.15, 0.2) is 29.1 Å². The third kappa shape index (κ3) is 4.86. The van der Waals surface area contributed by atoms with Crippen LogP contribution in [0.4, 0.5) is 19.1 Å². The quantitative estimate of drug-likeness (QED) is 0.748. The minimum absolute atomic E-state index is 0.0349. The standard InChI is InChI=1S/C19H24F3N3O/c1-3-5-8-13(4-2)16-15(17(26)25-18(23)24-16)11-12-7-6-9-14(10-12)19(20,21)22/h6-7,9-10,13H,3-5,8,11H2,1-2H3,(H3,23,24,25,26). The summed E-state index contributed by atoms with van der Waals surface area (Å²) in [6.45, 7) is 4.09. The SMILES string of the molecule is CCCCC(CC)c1nc(N)[nH]c(=O)c1Cc1cccc(C(F)(F)F)c1. The Morgan fingerprint density at radius 2 is 2.00 bits per heavy atom. The van der Waals surface area contributed by atoms with Crippen molar-refractivity contribution in [2.24, 2.45) is 0 Å². The molecule has 3 N–H and O–H groups in total. The normalized spacial score (nSPS) is 13.0. The van der Waals surface area contributed by atoms with Crippen molar-refractivity contribution in [3.8, 4) is 0 Å². The number of alkyl halides is 3. The van der Waals surface area contributed by atoms with E-state index in [0.717, 1.165) is 37.8 Å². The van der Waals surface area contributed by atoms with Gasteiger partial charge in [0.25, 0.3) is 5.56 Å². The maximum Gasteiger partial charge on any atom is 0.416 e. The Labute approximate surface area is 150 Å². The second-order valence-corrected chi connectivity index (χ2v) is 6.44. The number of rotatable bonds is 7. The molecule has 2 aromatic rings. The number of anilines is 1. The van der Waals surface area contributed by atoms with Crippen LogP contribution in [0.2, 0.25) is 0 Å². The molecule has 0 amide bonds.